The van der Waals surface area contributed by atoms with Crippen LogP contribution < -0.4 is 5.32 Å². The molecule has 4 heteroatoms. The van der Waals surface area contributed by atoms with Crippen LogP contribution in [-0.4, -0.2) is 42.3 Å². The van der Waals surface area contributed by atoms with Gasteiger partial charge in [0.15, 0.2) is 0 Å². The third-order valence-electron chi connectivity index (χ3n) is 2.43. The first kappa shape index (κ1) is 9.32. The molecule has 1 atom stereocenters. The Bertz CT molecular complexity index is 161. The monoisotopic (exact) mass is 172 g/mol. The van der Waals surface area contributed by atoms with Crippen molar-refractivity contribution < 1.29 is 9.90 Å². The third-order valence-corrected chi connectivity index (χ3v) is 2.43. The van der Waals surface area contributed by atoms with Gasteiger partial charge in [-0.2, -0.15) is 0 Å². The SMILES string of the molecule is CN1CCCC1CCNC(=O)O. The molecule has 1 fully saturated rings. The number of hydrogen-bond donors (Lipinski definition) is 2. The summed E-state index contributed by atoms with van der Waals surface area (Å²) in [5.74, 6) is 0. The van der Waals surface area contributed by atoms with Gasteiger partial charge in [0.25, 0.3) is 0 Å². The minimum absolute atomic E-state index is 0.574. The van der Waals surface area contributed by atoms with Crippen molar-refractivity contribution in [2.45, 2.75) is 25.3 Å². The number of amides is 1. The number of likely N-dealkylation sites (tertiary alicyclic amines) is 1. The molecule has 0 radical (unpaired) electrons. The van der Waals surface area contributed by atoms with E-state index in [4.69, 9.17) is 5.11 Å². The number of rotatable bonds is 3. The predicted octanol–water partition coefficient (Wildman–Crippen LogP) is 0.738. The number of nitrogens with one attached hydrogen (secondary N) is 1. The van der Waals surface area contributed by atoms with E-state index in [-0.39, 0.29) is 0 Å². The third kappa shape index (κ3) is 2.70. The molecular weight excluding hydrogens is 156 g/mol. The first-order valence-corrected chi connectivity index (χ1v) is 4.37. The van der Waals surface area contributed by atoms with Gasteiger partial charge in [0.05, 0.1) is 0 Å². The fraction of sp³-hybridized carbons (Fsp3) is 0.875. The summed E-state index contributed by atoms with van der Waals surface area (Å²) in [6.07, 6.45) is 2.46. The molecule has 4 nitrogen and oxygen atoms in total. The summed E-state index contributed by atoms with van der Waals surface area (Å²) in [4.78, 5) is 12.4. The first-order valence-electron chi connectivity index (χ1n) is 4.37. The number of carboxylic acid groups (broad SMARTS) is 1. The Morgan fingerprint density at radius 1 is 1.75 bits per heavy atom. The molecule has 0 aromatic rings. The molecule has 0 aromatic heterocycles. The zero-order valence-electron chi connectivity index (χ0n) is 7.42. The molecule has 70 valence electrons. The van der Waals surface area contributed by atoms with Gasteiger partial charge in [-0.3, -0.25) is 0 Å². The minimum atomic E-state index is -0.921. The Morgan fingerprint density at radius 3 is 3.00 bits per heavy atom. The summed E-state index contributed by atoms with van der Waals surface area (Å²) in [6.45, 7) is 1.72. The molecular formula is C8H16N2O2. The van der Waals surface area contributed by atoms with Crippen molar-refractivity contribution in [1.29, 1.82) is 0 Å². The maximum Gasteiger partial charge on any atom is 0.404 e. The Labute approximate surface area is 72.6 Å². The van der Waals surface area contributed by atoms with Crippen molar-refractivity contribution in [1.82, 2.24) is 10.2 Å². The highest BCUT2D eigenvalue weighted by molar-refractivity contribution is 5.64. The Morgan fingerprint density at radius 2 is 2.50 bits per heavy atom. The van der Waals surface area contributed by atoms with Gasteiger partial charge < -0.3 is 15.3 Å². The van der Waals surface area contributed by atoms with E-state index in [9.17, 15) is 4.79 Å². The highest BCUT2D eigenvalue weighted by Gasteiger charge is 2.19. The summed E-state index contributed by atoms with van der Waals surface area (Å²) < 4.78 is 0. The Balaban J connectivity index is 2.10. The summed E-state index contributed by atoms with van der Waals surface area (Å²) in [7, 11) is 2.10. The summed E-state index contributed by atoms with van der Waals surface area (Å²) in [5, 5.41) is 10.7. The van der Waals surface area contributed by atoms with E-state index < -0.39 is 6.09 Å². The largest absolute Gasteiger partial charge is 0.465 e. The topological polar surface area (TPSA) is 52.6 Å². The smallest absolute Gasteiger partial charge is 0.404 e. The van der Waals surface area contributed by atoms with Gasteiger partial charge in [-0.15, -0.1) is 0 Å². The van der Waals surface area contributed by atoms with Gasteiger partial charge in [0.1, 0.15) is 0 Å². The standard InChI is InChI=1S/C8H16N2O2/c1-10-6-2-3-7(10)4-5-9-8(11)12/h7,9H,2-6H2,1H3,(H,11,12). The molecule has 1 aliphatic heterocycles. The normalized spacial score (nSPS) is 24.2. The lowest BCUT2D eigenvalue weighted by atomic mass is 10.1. The highest BCUT2D eigenvalue weighted by Crippen LogP contribution is 2.16. The van der Waals surface area contributed by atoms with Gasteiger partial charge in [-0.25, -0.2) is 4.79 Å². The Kier molecular flexibility index (Phi) is 3.34. The van der Waals surface area contributed by atoms with Crippen molar-refractivity contribution in [3.63, 3.8) is 0 Å². The zero-order valence-corrected chi connectivity index (χ0v) is 7.42. The first-order chi connectivity index (χ1) is 5.70. The molecule has 1 amide bonds. The molecule has 0 bridgehead atoms. The van der Waals surface area contributed by atoms with Crippen LogP contribution in [0, 0.1) is 0 Å². The van der Waals surface area contributed by atoms with Crippen molar-refractivity contribution >= 4 is 6.09 Å². The highest BCUT2D eigenvalue weighted by atomic mass is 16.4. The fourth-order valence-corrected chi connectivity index (χ4v) is 1.69. The van der Waals surface area contributed by atoms with Crippen molar-refractivity contribution in [3.05, 3.63) is 0 Å². The van der Waals surface area contributed by atoms with Crippen LogP contribution in [0.1, 0.15) is 19.3 Å². The molecule has 2 N–H and O–H groups in total. The van der Waals surface area contributed by atoms with Crippen LogP contribution in [0.5, 0.6) is 0 Å². The van der Waals surface area contributed by atoms with Gasteiger partial charge in [-0.05, 0) is 32.9 Å². The van der Waals surface area contributed by atoms with Crippen LogP contribution in [0.3, 0.4) is 0 Å². The number of nitrogens with zero attached hydrogens (tertiary/aromatic N) is 1. The van der Waals surface area contributed by atoms with E-state index >= 15 is 0 Å². The van der Waals surface area contributed by atoms with E-state index in [1.165, 1.54) is 12.8 Å². The molecule has 0 aromatic carbocycles. The lowest BCUT2D eigenvalue weighted by Gasteiger charge is -2.18. The van der Waals surface area contributed by atoms with Crippen LogP contribution in [0.2, 0.25) is 0 Å². The van der Waals surface area contributed by atoms with Crippen LogP contribution >= 0.6 is 0 Å². The van der Waals surface area contributed by atoms with E-state index in [0.717, 1.165) is 13.0 Å². The van der Waals surface area contributed by atoms with Gasteiger partial charge >= 0.3 is 6.09 Å². The number of carbonyl (C=O) groups is 1. The second kappa shape index (κ2) is 4.30. The zero-order chi connectivity index (χ0) is 8.97. The maximum absolute atomic E-state index is 10.1. The molecule has 12 heavy (non-hydrogen) atoms. The summed E-state index contributed by atoms with van der Waals surface area (Å²) >= 11 is 0. The van der Waals surface area contributed by atoms with E-state index in [0.29, 0.717) is 12.6 Å². The summed E-state index contributed by atoms with van der Waals surface area (Å²) in [5.41, 5.74) is 0. The molecule has 0 saturated carbocycles. The van der Waals surface area contributed by atoms with Crippen LogP contribution in [-0.2, 0) is 0 Å². The van der Waals surface area contributed by atoms with Crippen LogP contribution in [0.15, 0.2) is 0 Å². The average molecular weight is 172 g/mol. The average Bonchev–Trinajstić information content (AvgIpc) is 2.36. The molecule has 0 spiro atoms. The minimum Gasteiger partial charge on any atom is -0.465 e. The lowest BCUT2D eigenvalue weighted by molar-refractivity contribution is 0.192. The van der Waals surface area contributed by atoms with Crippen molar-refractivity contribution in [2.75, 3.05) is 20.1 Å². The molecule has 1 heterocycles. The summed E-state index contributed by atoms with van der Waals surface area (Å²) in [6, 6.07) is 0.580. The van der Waals surface area contributed by atoms with Gasteiger partial charge in [0, 0.05) is 12.6 Å². The molecule has 0 aliphatic carbocycles. The predicted molar refractivity (Wildman–Crippen MR) is 46.3 cm³/mol. The quantitative estimate of drug-likeness (QED) is 0.660. The maximum atomic E-state index is 10.1. The second-order valence-corrected chi connectivity index (χ2v) is 3.30. The number of hydrogen-bond acceptors (Lipinski definition) is 2. The van der Waals surface area contributed by atoms with E-state index in [1.54, 1.807) is 0 Å². The van der Waals surface area contributed by atoms with Crippen LogP contribution in [0.25, 0.3) is 0 Å². The molecule has 1 aliphatic rings. The van der Waals surface area contributed by atoms with Crippen molar-refractivity contribution in [2.24, 2.45) is 0 Å². The molecule has 1 unspecified atom stereocenters. The fourth-order valence-electron chi connectivity index (χ4n) is 1.69. The van der Waals surface area contributed by atoms with E-state index in [2.05, 4.69) is 17.3 Å². The van der Waals surface area contributed by atoms with Gasteiger partial charge in [0.2, 0.25) is 0 Å². The molecule has 1 saturated heterocycles. The van der Waals surface area contributed by atoms with Gasteiger partial charge in [-0.1, -0.05) is 0 Å². The van der Waals surface area contributed by atoms with E-state index in [1.807, 2.05) is 0 Å². The Hall–Kier alpha value is -0.770. The van der Waals surface area contributed by atoms with Crippen molar-refractivity contribution in [3.8, 4) is 0 Å². The van der Waals surface area contributed by atoms with Crippen LogP contribution in [0.4, 0.5) is 4.79 Å². The molecule has 1 rings (SSSR count). The second-order valence-electron chi connectivity index (χ2n) is 3.30. The lowest BCUT2D eigenvalue weighted by Crippen LogP contribution is -2.30.